The van der Waals surface area contributed by atoms with Crippen LogP contribution in [0.3, 0.4) is 0 Å². The molecule has 2 aromatic rings. The van der Waals surface area contributed by atoms with Gasteiger partial charge in [0.1, 0.15) is 11.4 Å². The van der Waals surface area contributed by atoms with Crippen molar-refractivity contribution in [2.24, 2.45) is 7.05 Å². The maximum absolute atomic E-state index is 11.2. The van der Waals surface area contributed by atoms with Crippen LogP contribution in [0.15, 0.2) is 30.6 Å². The summed E-state index contributed by atoms with van der Waals surface area (Å²) >= 11 is 0. The zero-order chi connectivity index (χ0) is 13.1. The number of carbonyl (C=O) groups is 1. The van der Waals surface area contributed by atoms with Crippen LogP contribution >= 0.6 is 0 Å². The summed E-state index contributed by atoms with van der Waals surface area (Å²) in [6.07, 6.45) is 1.50. The first-order valence-electron chi connectivity index (χ1n) is 5.61. The first kappa shape index (κ1) is 12.2. The summed E-state index contributed by atoms with van der Waals surface area (Å²) in [5.74, 6) is -0.229. The lowest BCUT2D eigenvalue weighted by Crippen LogP contribution is -2.05. The second-order valence-electron chi connectivity index (χ2n) is 3.82. The molecule has 1 N–H and O–H groups in total. The Morgan fingerprint density at radius 3 is 2.61 bits per heavy atom. The number of carboxylic acids is 1. The zero-order valence-electron chi connectivity index (χ0n) is 10.3. The van der Waals surface area contributed by atoms with E-state index in [-0.39, 0.29) is 5.69 Å². The van der Waals surface area contributed by atoms with Crippen LogP contribution in [0, 0.1) is 0 Å². The van der Waals surface area contributed by atoms with Crippen LogP contribution in [0.25, 0.3) is 11.3 Å². The van der Waals surface area contributed by atoms with E-state index in [4.69, 9.17) is 9.84 Å². The maximum atomic E-state index is 11.2. The average Bonchev–Trinajstić information content (AvgIpc) is 2.73. The molecule has 1 aromatic heterocycles. The predicted molar refractivity (Wildman–Crippen MR) is 66.8 cm³/mol. The molecule has 0 atom stereocenters. The number of hydrogen-bond acceptors (Lipinski definition) is 3. The smallest absolute Gasteiger partial charge is 0.354 e. The number of imidazole rings is 1. The third kappa shape index (κ3) is 2.20. The van der Waals surface area contributed by atoms with E-state index in [1.54, 1.807) is 31.3 Å². The Hall–Kier alpha value is -2.30. The topological polar surface area (TPSA) is 64.4 Å². The van der Waals surface area contributed by atoms with Gasteiger partial charge in [0.05, 0.1) is 12.9 Å². The van der Waals surface area contributed by atoms with Crippen LogP contribution in [-0.2, 0) is 7.05 Å². The van der Waals surface area contributed by atoms with Gasteiger partial charge in [0, 0.05) is 12.6 Å². The highest BCUT2D eigenvalue weighted by molar-refractivity contribution is 5.93. The van der Waals surface area contributed by atoms with Crippen molar-refractivity contribution in [2.75, 3.05) is 6.61 Å². The van der Waals surface area contributed by atoms with Gasteiger partial charge in [-0.1, -0.05) is 0 Å². The Bertz CT molecular complexity index is 558. The number of aromatic nitrogens is 2. The van der Waals surface area contributed by atoms with E-state index in [1.165, 1.54) is 10.9 Å². The lowest BCUT2D eigenvalue weighted by atomic mass is 10.1. The fraction of sp³-hybridized carbons (Fsp3) is 0.231. The van der Waals surface area contributed by atoms with Gasteiger partial charge in [0.2, 0.25) is 0 Å². The summed E-state index contributed by atoms with van der Waals surface area (Å²) in [6, 6.07) is 7.22. The van der Waals surface area contributed by atoms with Crippen molar-refractivity contribution in [2.45, 2.75) is 6.92 Å². The summed E-state index contributed by atoms with van der Waals surface area (Å²) in [5, 5.41) is 9.15. The molecule has 0 aliphatic rings. The van der Waals surface area contributed by atoms with Gasteiger partial charge in [-0.05, 0) is 31.2 Å². The van der Waals surface area contributed by atoms with E-state index in [1.807, 2.05) is 6.92 Å². The molecule has 0 aliphatic carbocycles. The van der Waals surface area contributed by atoms with Crippen LogP contribution in [-0.4, -0.2) is 27.2 Å². The molecule has 0 unspecified atom stereocenters. The predicted octanol–water partition coefficient (Wildman–Crippen LogP) is 2.18. The molecule has 1 aromatic carbocycles. The van der Waals surface area contributed by atoms with Gasteiger partial charge in [-0.15, -0.1) is 0 Å². The number of rotatable bonds is 4. The molecule has 5 nitrogen and oxygen atoms in total. The van der Waals surface area contributed by atoms with Crippen LogP contribution < -0.4 is 4.74 Å². The van der Waals surface area contributed by atoms with E-state index in [0.29, 0.717) is 12.3 Å². The van der Waals surface area contributed by atoms with Crippen molar-refractivity contribution in [1.29, 1.82) is 0 Å². The van der Waals surface area contributed by atoms with Crippen molar-refractivity contribution in [1.82, 2.24) is 9.55 Å². The Morgan fingerprint density at radius 2 is 2.06 bits per heavy atom. The molecule has 0 spiro atoms. The van der Waals surface area contributed by atoms with E-state index in [2.05, 4.69) is 4.98 Å². The molecule has 94 valence electrons. The van der Waals surface area contributed by atoms with Gasteiger partial charge in [0.25, 0.3) is 0 Å². The lowest BCUT2D eigenvalue weighted by molar-refractivity contribution is 0.0687. The van der Waals surface area contributed by atoms with Crippen molar-refractivity contribution in [3.63, 3.8) is 0 Å². The average molecular weight is 246 g/mol. The minimum absolute atomic E-state index is 0.180. The molecule has 0 aliphatic heterocycles. The highest BCUT2D eigenvalue weighted by Crippen LogP contribution is 2.24. The Labute approximate surface area is 105 Å². The first-order chi connectivity index (χ1) is 8.63. The molecular formula is C13H14N2O3. The fourth-order valence-electron chi connectivity index (χ4n) is 1.77. The minimum atomic E-state index is -0.987. The minimum Gasteiger partial charge on any atom is -0.494 e. The SMILES string of the molecule is CCOc1ccc(-c2ncn(C)c2C(=O)O)cc1. The van der Waals surface area contributed by atoms with E-state index >= 15 is 0 Å². The summed E-state index contributed by atoms with van der Waals surface area (Å²) in [6.45, 7) is 2.51. The zero-order valence-corrected chi connectivity index (χ0v) is 10.3. The fourth-order valence-corrected chi connectivity index (χ4v) is 1.77. The Kier molecular flexibility index (Phi) is 3.32. The van der Waals surface area contributed by atoms with E-state index < -0.39 is 5.97 Å². The lowest BCUT2D eigenvalue weighted by Gasteiger charge is -2.04. The summed E-state index contributed by atoms with van der Waals surface area (Å²) in [5.41, 5.74) is 1.41. The molecule has 0 saturated heterocycles. The normalized spacial score (nSPS) is 10.3. The quantitative estimate of drug-likeness (QED) is 0.898. The Balaban J connectivity index is 2.40. The largest absolute Gasteiger partial charge is 0.494 e. The molecule has 0 amide bonds. The molecule has 0 radical (unpaired) electrons. The summed E-state index contributed by atoms with van der Waals surface area (Å²) in [4.78, 5) is 15.3. The highest BCUT2D eigenvalue weighted by Gasteiger charge is 2.17. The molecule has 0 saturated carbocycles. The number of hydrogen-bond donors (Lipinski definition) is 1. The monoisotopic (exact) mass is 246 g/mol. The summed E-state index contributed by atoms with van der Waals surface area (Å²) in [7, 11) is 1.66. The molecule has 2 rings (SSSR count). The van der Waals surface area contributed by atoms with Crippen LogP contribution in [0.4, 0.5) is 0 Å². The third-order valence-corrected chi connectivity index (χ3v) is 2.58. The standard InChI is InChI=1S/C13H14N2O3/c1-3-18-10-6-4-9(5-7-10)11-12(13(16)17)15(2)8-14-11/h4-8H,3H2,1-2H3,(H,16,17). The molecule has 18 heavy (non-hydrogen) atoms. The summed E-state index contributed by atoms with van der Waals surface area (Å²) < 4.78 is 6.83. The van der Waals surface area contributed by atoms with Gasteiger partial charge in [-0.3, -0.25) is 0 Å². The first-order valence-corrected chi connectivity index (χ1v) is 5.61. The van der Waals surface area contributed by atoms with Crippen molar-refractivity contribution in [3.05, 3.63) is 36.3 Å². The molecule has 0 bridgehead atoms. The van der Waals surface area contributed by atoms with Crippen molar-refractivity contribution >= 4 is 5.97 Å². The van der Waals surface area contributed by atoms with Crippen LogP contribution in [0.5, 0.6) is 5.75 Å². The van der Waals surface area contributed by atoms with Crippen molar-refractivity contribution in [3.8, 4) is 17.0 Å². The van der Waals surface area contributed by atoms with E-state index in [9.17, 15) is 4.79 Å². The number of benzene rings is 1. The number of nitrogens with zero attached hydrogens (tertiary/aromatic N) is 2. The third-order valence-electron chi connectivity index (χ3n) is 2.58. The molecule has 0 fully saturated rings. The molecule has 5 heteroatoms. The van der Waals surface area contributed by atoms with Crippen LogP contribution in [0.2, 0.25) is 0 Å². The Morgan fingerprint density at radius 1 is 1.39 bits per heavy atom. The van der Waals surface area contributed by atoms with Gasteiger partial charge in [-0.2, -0.15) is 0 Å². The van der Waals surface area contributed by atoms with Gasteiger partial charge in [0.15, 0.2) is 5.69 Å². The second kappa shape index (κ2) is 4.91. The molecular weight excluding hydrogens is 232 g/mol. The maximum Gasteiger partial charge on any atom is 0.354 e. The number of aromatic carboxylic acids is 1. The second-order valence-corrected chi connectivity index (χ2v) is 3.82. The van der Waals surface area contributed by atoms with Crippen LogP contribution in [0.1, 0.15) is 17.4 Å². The molecule has 1 heterocycles. The van der Waals surface area contributed by atoms with Gasteiger partial charge >= 0.3 is 5.97 Å². The number of ether oxygens (including phenoxy) is 1. The number of carboxylic acid groups (broad SMARTS) is 1. The van der Waals surface area contributed by atoms with Gasteiger partial charge in [-0.25, -0.2) is 9.78 Å². The van der Waals surface area contributed by atoms with E-state index in [0.717, 1.165) is 11.3 Å². The van der Waals surface area contributed by atoms with Gasteiger partial charge < -0.3 is 14.4 Å². The number of aryl methyl sites for hydroxylation is 1. The highest BCUT2D eigenvalue weighted by atomic mass is 16.5. The van der Waals surface area contributed by atoms with Crippen molar-refractivity contribution < 1.29 is 14.6 Å².